The van der Waals surface area contributed by atoms with Gasteiger partial charge in [0.25, 0.3) is 0 Å². The molecule has 1 aromatic heterocycles. The number of nitrogens with zero attached hydrogens (tertiary/aromatic N) is 2. The molecule has 0 aliphatic heterocycles. The third-order valence-electron chi connectivity index (χ3n) is 7.58. The van der Waals surface area contributed by atoms with Crippen LogP contribution in [0, 0.1) is 0 Å². The van der Waals surface area contributed by atoms with E-state index in [4.69, 9.17) is 4.98 Å². The molecule has 33 heavy (non-hydrogen) atoms. The molecule has 0 radical (unpaired) electrons. The summed E-state index contributed by atoms with van der Waals surface area (Å²) in [4.78, 5) is 4.91. The average molecular weight is 461 g/mol. The molecule has 194 valence electrons. The topological polar surface area (TPSA) is 17.8 Å². The van der Waals surface area contributed by atoms with Crippen LogP contribution in [0.4, 0.5) is 0 Å². The first-order valence-corrected chi connectivity index (χ1v) is 15.3. The second kappa shape index (κ2) is 21.7. The maximum Gasteiger partial charge on any atom is 0.111 e. The van der Waals surface area contributed by atoms with E-state index >= 15 is 0 Å². The predicted molar refractivity (Wildman–Crippen MR) is 148 cm³/mol. The Balaban J connectivity index is 2.38. The SMILES string of the molecule is CCCCCCCCCCCCC(C)n1ccnc1C(CCCCC)CCCCCCCC. The normalized spacial score (nSPS) is 13.5. The Labute approximate surface area is 208 Å². The van der Waals surface area contributed by atoms with Crippen LogP contribution in [0.25, 0.3) is 0 Å². The Hall–Kier alpha value is -0.790. The van der Waals surface area contributed by atoms with E-state index < -0.39 is 0 Å². The Morgan fingerprint density at radius 3 is 1.48 bits per heavy atom. The van der Waals surface area contributed by atoms with Crippen LogP contribution in [0.2, 0.25) is 0 Å². The van der Waals surface area contributed by atoms with Gasteiger partial charge >= 0.3 is 0 Å². The minimum absolute atomic E-state index is 0.592. The summed E-state index contributed by atoms with van der Waals surface area (Å²) in [6.07, 6.45) is 34.9. The molecule has 0 amide bonds. The smallest absolute Gasteiger partial charge is 0.111 e. The quantitative estimate of drug-likeness (QED) is 0.140. The number of rotatable bonds is 24. The second-order valence-corrected chi connectivity index (χ2v) is 10.8. The van der Waals surface area contributed by atoms with Gasteiger partial charge in [-0.15, -0.1) is 0 Å². The standard InChI is InChI=1S/C31H60N2/c1-5-8-11-13-15-16-17-18-19-22-24-29(4)33-28-27-32-31(33)30(25-21-10-7-3)26-23-20-14-12-9-6-2/h27-30H,5-26H2,1-4H3. The van der Waals surface area contributed by atoms with E-state index in [1.54, 1.807) is 0 Å². The third-order valence-corrected chi connectivity index (χ3v) is 7.58. The summed E-state index contributed by atoms with van der Waals surface area (Å²) in [5, 5.41) is 0. The fraction of sp³-hybridized carbons (Fsp3) is 0.903. The minimum Gasteiger partial charge on any atom is -0.332 e. The number of aromatic nitrogens is 2. The summed E-state index contributed by atoms with van der Waals surface area (Å²) in [7, 11) is 0. The summed E-state index contributed by atoms with van der Waals surface area (Å²) in [6, 6.07) is 0.592. The molecule has 1 rings (SSSR count). The van der Waals surface area contributed by atoms with Gasteiger partial charge in [0.05, 0.1) is 0 Å². The Bertz CT molecular complexity index is 521. The summed E-state index contributed by atoms with van der Waals surface area (Å²) < 4.78 is 2.54. The van der Waals surface area contributed by atoms with Crippen molar-refractivity contribution >= 4 is 0 Å². The van der Waals surface area contributed by atoms with Gasteiger partial charge in [0.1, 0.15) is 5.82 Å². The van der Waals surface area contributed by atoms with Crippen LogP contribution in [0.15, 0.2) is 12.4 Å². The summed E-state index contributed by atoms with van der Waals surface area (Å²) in [6.45, 7) is 9.35. The highest BCUT2D eigenvalue weighted by Crippen LogP contribution is 2.30. The van der Waals surface area contributed by atoms with Crippen LogP contribution < -0.4 is 0 Å². The zero-order valence-corrected chi connectivity index (χ0v) is 23.3. The molecule has 0 saturated heterocycles. The molecule has 0 saturated carbocycles. The molecule has 2 unspecified atom stereocenters. The van der Waals surface area contributed by atoms with Crippen LogP contribution in [0.3, 0.4) is 0 Å². The first-order chi connectivity index (χ1) is 16.2. The van der Waals surface area contributed by atoms with E-state index in [1.165, 1.54) is 147 Å². The van der Waals surface area contributed by atoms with Crippen LogP contribution >= 0.6 is 0 Å². The van der Waals surface area contributed by atoms with Gasteiger partial charge in [-0.3, -0.25) is 0 Å². The molecular formula is C31H60N2. The molecule has 0 aliphatic carbocycles. The van der Waals surface area contributed by atoms with Crippen molar-refractivity contribution in [3.8, 4) is 0 Å². The monoisotopic (exact) mass is 460 g/mol. The maximum absolute atomic E-state index is 4.91. The zero-order valence-electron chi connectivity index (χ0n) is 23.3. The predicted octanol–water partition coefficient (Wildman–Crippen LogP) is 11.2. The second-order valence-electron chi connectivity index (χ2n) is 10.8. The first kappa shape index (κ1) is 30.2. The Kier molecular flexibility index (Phi) is 19.9. The average Bonchev–Trinajstić information content (AvgIpc) is 3.31. The number of unbranched alkanes of at least 4 members (excludes halogenated alkanes) is 16. The van der Waals surface area contributed by atoms with Crippen molar-refractivity contribution in [3.63, 3.8) is 0 Å². The van der Waals surface area contributed by atoms with Crippen molar-refractivity contribution < 1.29 is 0 Å². The molecule has 0 aromatic carbocycles. The number of hydrogen-bond donors (Lipinski definition) is 0. The van der Waals surface area contributed by atoms with Crippen molar-refractivity contribution in [2.45, 2.75) is 181 Å². The lowest BCUT2D eigenvalue weighted by Gasteiger charge is -2.22. The minimum atomic E-state index is 0.592. The van der Waals surface area contributed by atoms with E-state index in [0.29, 0.717) is 12.0 Å². The highest BCUT2D eigenvalue weighted by Gasteiger charge is 2.19. The Morgan fingerprint density at radius 1 is 0.576 bits per heavy atom. The highest BCUT2D eigenvalue weighted by atomic mass is 15.1. The molecule has 2 nitrogen and oxygen atoms in total. The maximum atomic E-state index is 4.91. The fourth-order valence-corrected chi connectivity index (χ4v) is 5.29. The number of hydrogen-bond acceptors (Lipinski definition) is 1. The first-order valence-electron chi connectivity index (χ1n) is 15.3. The highest BCUT2D eigenvalue weighted by molar-refractivity contribution is 5.02. The lowest BCUT2D eigenvalue weighted by atomic mass is 9.93. The molecular weight excluding hydrogens is 400 g/mol. The van der Waals surface area contributed by atoms with E-state index in [2.05, 4.69) is 44.7 Å². The van der Waals surface area contributed by atoms with E-state index in [9.17, 15) is 0 Å². The third kappa shape index (κ3) is 14.9. The molecule has 2 atom stereocenters. The van der Waals surface area contributed by atoms with Crippen molar-refractivity contribution in [2.75, 3.05) is 0 Å². The van der Waals surface area contributed by atoms with Gasteiger partial charge in [-0.05, 0) is 26.2 Å². The molecule has 2 heteroatoms. The van der Waals surface area contributed by atoms with Crippen molar-refractivity contribution in [3.05, 3.63) is 18.2 Å². The largest absolute Gasteiger partial charge is 0.332 e. The van der Waals surface area contributed by atoms with Gasteiger partial charge in [-0.1, -0.05) is 143 Å². The van der Waals surface area contributed by atoms with Crippen LogP contribution in [-0.2, 0) is 0 Å². The van der Waals surface area contributed by atoms with Gasteiger partial charge in [-0.2, -0.15) is 0 Å². The van der Waals surface area contributed by atoms with Crippen LogP contribution in [0.1, 0.15) is 187 Å². The molecule has 0 fully saturated rings. The number of imidazole rings is 1. The van der Waals surface area contributed by atoms with Crippen molar-refractivity contribution in [1.29, 1.82) is 0 Å². The molecule has 1 heterocycles. The molecule has 0 bridgehead atoms. The van der Waals surface area contributed by atoms with Crippen LogP contribution in [-0.4, -0.2) is 9.55 Å². The molecule has 0 aliphatic rings. The lowest BCUT2D eigenvalue weighted by molar-refractivity contribution is 0.414. The van der Waals surface area contributed by atoms with Gasteiger partial charge in [0, 0.05) is 24.4 Å². The van der Waals surface area contributed by atoms with E-state index in [-0.39, 0.29) is 0 Å². The summed E-state index contributed by atoms with van der Waals surface area (Å²) in [5.41, 5.74) is 0. The Morgan fingerprint density at radius 2 is 0.970 bits per heavy atom. The van der Waals surface area contributed by atoms with Gasteiger partial charge in [0.2, 0.25) is 0 Å². The zero-order chi connectivity index (χ0) is 24.0. The fourth-order valence-electron chi connectivity index (χ4n) is 5.29. The van der Waals surface area contributed by atoms with E-state index in [0.717, 1.165) is 0 Å². The van der Waals surface area contributed by atoms with Crippen LogP contribution in [0.5, 0.6) is 0 Å². The van der Waals surface area contributed by atoms with Gasteiger partial charge in [-0.25, -0.2) is 4.98 Å². The van der Waals surface area contributed by atoms with Crippen molar-refractivity contribution in [2.24, 2.45) is 0 Å². The van der Waals surface area contributed by atoms with Crippen molar-refractivity contribution in [1.82, 2.24) is 9.55 Å². The summed E-state index contributed by atoms with van der Waals surface area (Å²) in [5.74, 6) is 2.05. The van der Waals surface area contributed by atoms with E-state index in [1.807, 2.05) is 0 Å². The van der Waals surface area contributed by atoms with Gasteiger partial charge in [0.15, 0.2) is 0 Å². The van der Waals surface area contributed by atoms with Gasteiger partial charge < -0.3 is 4.57 Å². The lowest BCUT2D eigenvalue weighted by Crippen LogP contribution is -2.13. The summed E-state index contributed by atoms with van der Waals surface area (Å²) >= 11 is 0. The molecule has 0 N–H and O–H groups in total. The molecule has 1 aromatic rings. The molecule has 0 spiro atoms.